The Balaban J connectivity index is 1.42. The highest BCUT2D eigenvalue weighted by Gasteiger charge is 2.16. The van der Waals surface area contributed by atoms with Crippen molar-refractivity contribution < 1.29 is 4.74 Å². The van der Waals surface area contributed by atoms with E-state index < -0.39 is 0 Å². The minimum absolute atomic E-state index is 0.250. The number of nitrogens with one attached hydrogen (secondary N) is 1. The Kier molecular flexibility index (Phi) is 6.20. The van der Waals surface area contributed by atoms with E-state index in [4.69, 9.17) is 4.74 Å². The largest absolute Gasteiger partial charge is 0.490 e. The fourth-order valence-electron chi connectivity index (χ4n) is 3.41. The van der Waals surface area contributed by atoms with Crippen molar-refractivity contribution in [2.75, 3.05) is 20.7 Å². The summed E-state index contributed by atoms with van der Waals surface area (Å²) in [6, 6.07) is 14.6. The van der Waals surface area contributed by atoms with Crippen LogP contribution in [0.1, 0.15) is 16.7 Å². The second-order valence-electron chi connectivity index (χ2n) is 7.56. The van der Waals surface area contributed by atoms with Gasteiger partial charge in [0.15, 0.2) is 0 Å². The average molecular weight is 399 g/mol. The summed E-state index contributed by atoms with van der Waals surface area (Å²) in [5.41, 5.74) is 4.58. The number of para-hydroxylation sites is 1. The fraction of sp³-hybridized carbons (Fsp3) is 0.200. The first-order chi connectivity index (χ1) is 14.7. The van der Waals surface area contributed by atoms with E-state index in [1.165, 1.54) is 16.5 Å². The minimum atomic E-state index is 0.250. The average Bonchev–Trinajstić information content (AvgIpc) is 3.19. The van der Waals surface area contributed by atoms with Crippen molar-refractivity contribution in [3.05, 3.63) is 90.1 Å². The third kappa shape index (κ3) is 4.93. The van der Waals surface area contributed by atoms with E-state index in [0.29, 0.717) is 6.61 Å². The summed E-state index contributed by atoms with van der Waals surface area (Å²) in [6.45, 7) is 0.589. The number of H-pyrrole nitrogens is 1. The van der Waals surface area contributed by atoms with Gasteiger partial charge in [-0.3, -0.25) is 9.97 Å². The van der Waals surface area contributed by atoms with Crippen LogP contribution in [0.25, 0.3) is 23.1 Å². The first kappa shape index (κ1) is 19.9. The summed E-state index contributed by atoms with van der Waals surface area (Å²) in [5.74, 6) is 0.776. The normalized spacial score (nSPS) is 12.6. The van der Waals surface area contributed by atoms with Crippen LogP contribution in [0.3, 0.4) is 0 Å². The topological polar surface area (TPSA) is 54.0 Å². The summed E-state index contributed by atoms with van der Waals surface area (Å²) in [5, 5.41) is 1.27. The number of aromatic amines is 1. The molecule has 0 aliphatic carbocycles. The van der Waals surface area contributed by atoms with Crippen LogP contribution >= 0.6 is 0 Å². The Morgan fingerprint density at radius 1 is 1.00 bits per heavy atom. The predicted molar refractivity (Wildman–Crippen MR) is 122 cm³/mol. The van der Waals surface area contributed by atoms with E-state index in [2.05, 4.69) is 64.4 Å². The highest BCUT2D eigenvalue weighted by molar-refractivity contribution is 5.83. The van der Waals surface area contributed by atoms with Crippen LogP contribution in [0.4, 0.5) is 0 Å². The Labute approximate surface area is 177 Å². The number of pyridine rings is 2. The molecule has 5 heteroatoms. The lowest BCUT2D eigenvalue weighted by Gasteiger charge is -2.24. The predicted octanol–water partition coefficient (Wildman–Crippen LogP) is 4.68. The van der Waals surface area contributed by atoms with Crippen molar-refractivity contribution in [1.29, 1.82) is 0 Å². The molecule has 1 atom stereocenters. The van der Waals surface area contributed by atoms with Crippen molar-refractivity contribution in [3.63, 3.8) is 0 Å². The molecule has 0 saturated carbocycles. The number of likely N-dealkylation sites (N-methyl/N-ethyl adjacent to an activating group) is 1. The molecule has 3 aromatic heterocycles. The number of benzene rings is 1. The van der Waals surface area contributed by atoms with E-state index in [1.807, 2.05) is 36.5 Å². The molecule has 0 amide bonds. The van der Waals surface area contributed by atoms with Crippen LogP contribution in [-0.4, -0.2) is 46.6 Å². The van der Waals surface area contributed by atoms with Crippen LogP contribution in [-0.2, 0) is 6.42 Å². The molecule has 30 heavy (non-hydrogen) atoms. The quantitative estimate of drug-likeness (QED) is 0.468. The molecule has 4 rings (SSSR count). The molecule has 0 spiro atoms. The third-order valence-electron chi connectivity index (χ3n) is 5.21. The molecule has 0 aliphatic heterocycles. The van der Waals surface area contributed by atoms with Crippen molar-refractivity contribution in [1.82, 2.24) is 19.9 Å². The fourth-order valence-corrected chi connectivity index (χ4v) is 3.41. The summed E-state index contributed by atoms with van der Waals surface area (Å²) in [4.78, 5) is 13.9. The maximum Gasteiger partial charge on any atom is 0.138 e. The molecule has 0 saturated heterocycles. The number of rotatable bonds is 8. The second-order valence-corrected chi connectivity index (χ2v) is 7.56. The standard InChI is InChI=1S/C25H26N4O/c1-29(2)22(14-21-16-28-25-6-4-3-5-24(21)25)18-30-23-13-20(15-27-17-23)8-7-19-9-11-26-12-10-19/h3-13,15-17,22,28H,14,18H2,1-2H3/b8-7+/t22-/m0/s1. The molecule has 0 fully saturated rings. The molecule has 5 nitrogen and oxygen atoms in total. The lowest BCUT2D eigenvalue weighted by Crippen LogP contribution is -2.35. The van der Waals surface area contributed by atoms with E-state index >= 15 is 0 Å². The number of ether oxygens (including phenoxy) is 1. The van der Waals surface area contributed by atoms with Crippen LogP contribution < -0.4 is 4.74 Å². The first-order valence-electron chi connectivity index (χ1n) is 10.1. The van der Waals surface area contributed by atoms with E-state index in [9.17, 15) is 0 Å². The van der Waals surface area contributed by atoms with Crippen molar-refractivity contribution in [2.45, 2.75) is 12.5 Å². The number of fused-ring (bicyclic) bond motifs is 1. The molecule has 1 N–H and O–H groups in total. The van der Waals surface area contributed by atoms with Gasteiger partial charge in [0.05, 0.1) is 6.20 Å². The molecule has 0 radical (unpaired) electrons. The van der Waals surface area contributed by atoms with Gasteiger partial charge in [-0.05, 0) is 61.5 Å². The van der Waals surface area contributed by atoms with Crippen LogP contribution in [0.2, 0.25) is 0 Å². The minimum Gasteiger partial charge on any atom is -0.490 e. The Bertz CT molecular complexity index is 1120. The van der Waals surface area contributed by atoms with E-state index in [1.54, 1.807) is 18.6 Å². The first-order valence-corrected chi connectivity index (χ1v) is 10.1. The van der Waals surface area contributed by atoms with Crippen molar-refractivity contribution >= 4 is 23.1 Å². The van der Waals surface area contributed by atoms with Gasteiger partial charge in [-0.1, -0.05) is 30.4 Å². The molecule has 0 bridgehead atoms. The molecule has 1 aromatic carbocycles. The van der Waals surface area contributed by atoms with Gasteiger partial charge in [0, 0.05) is 41.7 Å². The van der Waals surface area contributed by atoms with Gasteiger partial charge in [-0.2, -0.15) is 0 Å². The highest BCUT2D eigenvalue weighted by Crippen LogP contribution is 2.21. The van der Waals surface area contributed by atoms with Crippen molar-refractivity contribution in [3.8, 4) is 5.75 Å². The molecular formula is C25H26N4O. The van der Waals surface area contributed by atoms with Gasteiger partial charge in [0.2, 0.25) is 0 Å². The summed E-state index contributed by atoms with van der Waals surface area (Å²) >= 11 is 0. The summed E-state index contributed by atoms with van der Waals surface area (Å²) in [6.07, 6.45) is 14.3. The van der Waals surface area contributed by atoms with Crippen LogP contribution in [0, 0.1) is 0 Å². The lowest BCUT2D eigenvalue weighted by molar-refractivity contribution is 0.184. The maximum absolute atomic E-state index is 6.12. The van der Waals surface area contributed by atoms with Crippen LogP contribution in [0.15, 0.2) is 73.4 Å². The SMILES string of the molecule is CN(C)[C@H](COc1cncc(/C=C/c2ccncc2)c1)Cc1c[nH]c2ccccc12. The Hall–Kier alpha value is -3.44. The molecule has 4 aromatic rings. The zero-order chi connectivity index (χ0) is 20.8. The summed E-state index contributed by atoms with van der Waals surface area (Å²) in [7, 11) is 4.18. The van der Waals surface area contributed by atoms with Gasteiger partial charge >= 0.3 is 0 Å². The second kappa shape index (κ2) is 9.37. The van der Waals surface area contributed by atoms with Crippen molar-refractivity contribution in [2.24, 2.45) is 0 Å². The number of hydrogen-bond acceptors (Lipinski definition) is 4. The zero-order valence-corrected chi connectivity index (χ0v) is 17.3. The highest BCUT2D eigenvalue weighted by atomic mass is 16.5. The van der Waals surface area contributed by atoms with Gasteiger partial charge in [-0.25, -0.2) is 0 Å². The molecule has 152 valence electrons. The van der Waals surface area contributed by atoms with Gasteiger partial charge in [-0.15, -0.1) is 0 Å². The smallest absolute Gasteiger partial charge is 0.138 e. The lowest BCUT2D eigenvalue weighted by atomic mass is 10.0. The molecule has 0 unspecified atom stereocenters. The van der Waals surface area contributed by atoms with Gasteiger partial charge < -0.3 is 14.6 Å². The zero-order valence-electron chi connectivity index (χ0n) is 17.3. The van der Waals surface area contributed by atoms with Gasteiger partial charge in [0.25, 0.3) is 0 Å². The monoisotopic (exact) mass is 398 g/mol. The van der Waals surface area contributed by atoms with Gasteiger partial charge in [0.1, 0.15) is 12.4 Å². The molecule has 3 heterocycles. The summed E-state index contributed by atoms with van der Waals surface area (Å²) < 4.78 is 6.12. The van der Waals surface area contributed by atoms with E-state index in [-0.39, 0.29) is 6.04 Å². The molecule has 0 aliphatic rings. The Morgan fingerprint density at radius 2 is 1.80 bits per heavy atom. The number of hydrogen-bond donors (Lipinski definition) is 1. The van der Waals surface area contributed by atoms with Crippen LogP contribution in [0.5, 0.6) is 5.75 Å². The number of nitrogens with zero attached hydrogens (tertiary/aromatic N) is 3. The molecular weight excluding hydrogens is 372 g/mol. The number of aromatic nitrogens is 3. The Morgan fingerprint density at radius 3 is 2.63 bits per heavy atom. The third-order valence-corrected chi connectivity index (χ3v) is 5.21. The van der Waals surface area contributed by atoms with E-state index in [0.717, 1.165) is 23.3 Å². The maximum atomic E-state index is 6.12.